The van der Waals surface area contributed by atoms with E-state index in [0.29, 0.717) is 11.8 Å². The summed E-state index contributed by atoms with van der Waals surface area (Å²) in [4.78, 5) is 4.49. The van der Waals surface area contributed by atoms with Crippen molar-refractivity contribution in [3.8, 4) is 0 Å². The van der Waals surface area contributed by atoms with Gasteiger partial charge in [0.1, 0.15) is 0 Å². The van der Waals surface area contributed by atoms with Crippen molar-refractivity contribution < 1.29 is 4.74 Å². The van der Waals surface area contributed by atoms with E-state index in [2.05, 4.69) is 29.3 Å². The van der Waals surface area contributed by atoms with Crippen LogP contribution in [0.15, 0.2) is 65.7 Å². The predicted octanol–water partition coefficient (Wildman–Crippen LogP) is 3.86. The molecular weight excluding hydrogens is 292 g/mol. The molecular formula is C18H22N2OS. The molecule has 0 spiro atoms. The zero-order chi connectivity index (χ0) is 15.8. The maximum Gasteiger partial charge on any atom is 0.155 e. The first-order valence-corrected chi connectivity index (χ1v) is 8.17. The second kappa shape index (κ2) is 8.61. The molecule has 0 aliphatic heterocycles. The summed E-state index contributed by atoms with van der Waals surface area (Å²) in [6, 6.07) is 20.8. The van der Waals surface area contributed by atoms with E-state index in [1.54, 1.807) is 18.9 Å². The zero-order valence-electron chi connectivity index (χ0n) is 13.0. The van der Waals surface area contributed by atoms with E-state index in [9.17, 15) is 0 Å². The second-order valence-electron chi connectivity index (χ2n) is 5.09. The fourth-order valence-electron chi connectivity index (χ4n) is 2.23. The van der Waals surface area contributed by atoms with Crippen molar-refractivity contribution in [2.24, 2.45) is 10.7 Å². The van der Waals surface area contributed by atoms with Gasteiger partial charge in [-0.15, -0.1) is 0 Å². The smallest absolute Gasteiger partial charge is 0.155 e. The third-order valence-electron chi connectivity index (χ3n) is 3.20. The average Bonchev–Trinajstić information content (AvgIpc) is 2.54. The predicted molar refractivity (Wildman–Crippen MR) is 95.3 cm³/mol. The standard InChI is InChI=1S/C18H22N2OS/c1-14(13-21-2)20-18(19)22-17(15-9-5-3-6-10-15)16-11-7-4-8-12-16/h3-12,14,17H,13H2,1-2H3,(H2,19,20)/t14-/m1/s1. The van der Waals surface area contributed by atoms with Crippen LogP contribution in [-0.2, 0) is 4.74 Å². The molecule has 4 heteroatoms. The topological polar surface area (TPSA) is 47.6 Å². The largest absolute Gasteiger partial charge is 0.382 e. The SMILES string of the molecule is COC[C@@H](C)N=C(N)SC(c1ccccc1)c1ccccc1. The number of aliphatic imine (C=N–C) groups is 1. The number of nitrogens with zero attached hydrogens (tertiary/aromatic N) is 1. The van der Waals surface area contributed by atoms with Gasteiger partial charge in [-0.2, -0.15) is 0 Å². The molecule has 3 nitrogen and oxygen atoms in total. The van der Waals surface area contributed by atoms with Crippen molar-refractivity contribution in [1.29, 1.82) is 0 Å². The summed E-state index contributed by atoms with van der Waals surface area (Å²) in [5, 5.41) is 0.725. The minimum Gasteiger partial charge on any atom is -0.382 e. The molecule has 1 atom stereocenters. The molecule has 0 aliphatic carbocycles. The van der Waals surface area contributed by atoms with Crippen LogP contribution in [0.1, 0.15) is 23.3 Å². The van der Waals surface area contributed by atoms with Crippen molar-refractivity contribution in [3.63, 3.8) is 0 Å². The lowest BCUT2D eigenvalue weighted by molar-refractivity contribution is 0.186. The molecule has 116 valence electrons. The number of nitrogens with two attached hydrogens (primary N) is 1. The molecule has 2 aromatic carbocycles. The maximum absolute atomic E-state index is 6.14. The summed E-state index contributed by atoms with van der Waals surface area (Å²) in [6.07, 6.45) is 0. The van der Waals surface area contributed by atoms with Crippen molar-refractivity contribution in [1.82, 2.24) is 0 Å². The number of ether oxygens (including phenoxy) is 1. The van der Waals surface area contributed by atoms with Crippen LogP contribution in [0.3, 0.4) is 0 Å². The van der Waals surface area contributed by atoms with Gasteiger partial charge in [-0.3, -0.25) is 4.99 Å². The van der Waals surface area contributed by atoms with Gasteiger partial charge in [0.05, 0.1) is 17.9 Å². The van der Waals surface area contributed by atoms with Gasteiger partial charge >= 0.3 is 0 Å². The minimum atomic E-state index is 0.0599. The van der Waals surface area contributed by atoms with Gasteiger partial charge in [-0.05, 0) is 18.1 Å². The van der Waals surface area contributed by atoms with E-state index in [4.69, 9.17) is 10.5 Å². The summed E-state index contributed by atoms with van der Waals surface area (Å²) in [7, 11) is 1.67. The highest BCUT2D eigenvalue weighted by atomic mass is 32.2. The zero-order valence-corrected chi connectivity index (χ0v) is 13.8. The van der Waals surface area contributed by atoms with E-state index in [-0.39, 0.29) is 11.3 Å². The lowest BCUT2D eigenvalue weighted by Gasteiger charge is -2.18. The van der Waals surface area contributed by atoms with Gasteiger partial charge in [0.25, 0.3) is 0 Å². The lowest BCUT2D eigenvalue weighted by Crippen LogP contribution is -2.16. The summed E-state index contributed by atoms with van der Waals surface area (Å²) in [5.41, 5.74) is 8.58. The highest BCUT2D eigenvalue weighted by Gasteiger charge is 2.16. The van der Waals surface area contributed by atoms with E-state index in [1.165, 1.54) is 11.1 Å². The van der Waals surface area contributed by atoms with Crippen molar-refractivity contribution in [2.45, 2.75) is 18.2 Å². The third kappa shape index (κ3) is 4.90. The summed E-state index contributed by atoms with van der Waals surface area (Å²) >= 11 is 1.58. The summed E-state index contributed by atoms with van der Waals surface area (Å²) < 4.78 is 5.11. The molecule has 2 aromatic rings. The van der Waals surface area contributed by atoms with Crippen molar-refractivity contribution in [3.05, 3.63) is 71.8 Å². The van der Waals surface area contributed by atoms with E-state index >= 15 is 0 Å². The van der Waals surface area contributed by atoms with E-state index < -0.39 is 0 Å². The Bertz CT molecular complexity index is 547. The van der Waals surface area contributed by atoms with Crippen LogP contribution in [0, 0.1) is 0 Å². The second-order valence-corrected chi connectivity index (χ2v) is 6.22. The molecule has 2 rings (SSSR count). The Kier molecular flexibility index (Phi) is 6.49. The Labute approximate surface area is 136 Å². The average molecular weight is 314 g/mol. The number of hydrogen-bond acceptors (Lipinski definition) is 3. The van der Waals surface area contributed by atoms with Crippen molar-refractivity contribution >= 4 is 16.9 Å². The molecule has 0 radical (unpaired) electrons. The minimum absolute atomic E-state index is 0.0599. The highest BCUT2D eigenvalue weighted by molar-refractivity contribution is 8.14. The van der Waals surface area contributed by atoms with Crippen LogP contribution in [0.4, 0.5) is 0 Å². The van der Waals surface area contributed by atoms with Crippen LogP contribution >= 0.6 is 11.8 Å². The highest BCUT2D eigenvalue weighted by Crippen LogP contribution is 2.35. The lowest BCUT2D eigenvalue weighted by atomic mass is 10.0. The summed E-state index contributed by atoms with van der Waals surface area (Å²) in [5.74, 6) is 0. The van der Waals surface area contributed by atoms with Crippen molar-refractivity contribution in [2.75, 3.05) is 13.7 Å². The fourth-order valence-corrected chi connectivity index (χ4v) is 3.30. The normalized spacial score (nSPS) is 13.3. The van der Waals surface area contributed by atoms with Crippen LogP contribution in [0.2, 0.25) is 0 Å². The maximum atomic E-state index is 6.14. The first-order valence-electron chi connectivity index (χ1n) is 7.29. The number of benzene rings is 2. The van der Waals surface area contributed by atoms with Crippen LogP contribution in [0.25, 0.3) is 0 Å². The Morgan fingerprint density at radius 1 is 1.05 bits per heavy atom. The molecule has 0 fully saturated rings. The van der Waals surface area contributed by atoms with Gasteiger partial charge in [0, 0.05) is 7.11 Å². The van der Waals surface area contributed by atoms with Crippen LogP contribution in [0.5, 0.6) is 0 Å². The number of rotatable bonds is 6. The number of hydrogen-bond donors (Lipinski definition) is 1. The van der Waals surface area contributed by atoms with Crippen LogP contribution in [-0.4, -0.2) is 24.9 Å². The quantitative estimate of drug-likeness (QED) is 0.650. The first kappa shape index (κ1) is 16.6. The number of thioether (sulfide) groups is 1. The molecule has 0 saturated carbocycles. The molecule has 0 amide bonds. The number of amidine groups is 1. The molecule has 0 saturated heterocycles. The molecule has 0 bridgehead atoms. The summed E-state index contributed by atoms with van der Waals surface area (Å²) in [6.45, 7) is 2.57. The molecule has 22 heavy (non-hydrogen) atoms. The molecule has 2 N–H and O–H groups in total. The molecule has 0 unspecified atom stereocenters. The first-order chi connectivity index (χ1) is 10.7. The Hall–Kier alpha value is -1.78. The molecule has 0 aliphatic rings. The molecule has 0 aromatic heterocycles. The van der Waals surface area contributed by atoms with Gasteiger partial charge in [0.2, 0.25) is 0 Å². The van der Waals surface area contributed by atoms with Gasteiger partial charge in [0.15, 0.2) is 5.17 Å². The van der Waals surface area contributed by atoms with Gasteiger partial charge in [-0.25, -0.2) is 0 Å². The van der Waals surface area contributed by atoms with Crippen LogP contribution < -0.4 is 5.73 Å². The van der Waals surface area contributed by atoms with E-state index in [1.807, 2.05) is 43.3 Å². The molecule has 0 heterocycles. The third-order valence-corrected chi connectivity index (χ3v) is 4.33. The van der Waals surface area contributed by atoms with Gasteiger partial charge in [-0.1, -0.05) is 72.4 Å². The Morgan fingerprint density at radius 2 is 1.55 bits per heavy atom. The monoisotopic (exact) mass is 314 g/mol. The Balaban J connectivity index is 2.23. The fraction of sp³-hybridized carbons (Fsp3) is 0.278. The van der Waals surface area contributed by atoms with Gasteiger partial charge < -0.3 is 10.5 Å². The Morgan fingerprint density at radius 3 is 2.00 bits per heavy atom. The van der Waals surface area contributed by atoms with E-state index in [0.717, 1.165) is 0 Å². The number of methoxy groups -OCH3 is 1.